The fourth-order valence-electron chi connectivity index (χ4n) is 2.72. The minimum Gasteiger partial charge on any atom is -0.497 e. The molecule has 3 rings (SSSR count). The van der Waals surface area contributed by atoms with Crippen molar-refractivity contribution in [2.75, 3.05) is 20.3 Å². The zero-order valence-corrected chi connectivity index (χ0v) is 14.4. The molecule has 1 aromatic heterocycles. The molecule has 0 unspecified atom stereocenters. The van der Waals surface area contributed by atoms with E-state index in [9.17, 15) is 4.79 Å². The van der Waals surface area contributed by atoms with Gasteiger partial charge in [-0.15, -0.1) is 0 Å². The number of ether oxygens (including phenoxy) is 3. The number of aromatic nitrogens is 1. The van der Waals surface area contributed by atoms with Crippen LogP contribution in [0.3, 0.4) is 0 Å². The molecule has 0 amide bonds. The summed E-state index contributed by atoms with van der Waals surface area (Å²) in [6, 6.07) is 17.3. The van der Waals surface area contributed by atoms with Gasteiger partial charge in [-0.1, -0.05) is 18.2 Å². The third kappa shape index (κ3) is 4.12. The van der Waals surface area contributed by atoms with Gasteiger partial charge in [-0.05, 0) is 48.7 Å². The van der Waals surface area contributed by atoms with E-state index in [0.717, 1.165) is 22.3 Å². The predicted octanol–water partition coefficient (Wildman–Crippen LogP) is 3.58. The van der Waals surface area contributed by atoms with E-state index in [1.165, 1.54) is 0 Å². The van der Waals surface area contributed by atoms with Crippen LogP contribution in [0.2, 0.25) is 0 Å². The molecular formula is C20H21NO4. The summed E-state index contributed by atoms with van der Waals surface area (Å²) in [6.07, 6.45) is 0. The van der Waals surface area contributed by atoms with Gasteiger partial charge in [0.25, 0.3) is 0 Å². The van der Waals surface area contributed by atoms with Crippen molar-refractivity contribution in [3.05, 3.63) is 60.3 Å². The van der Waals surface area contributed by atoms with E-state index >= 15 is 0 Å². The Morgan fingerprint density at radius 1 is 1.00 bits per heavy atom. The smallest absolute Gasteiger partial charge is 0.326 e. The number of fused-ring (bicyclic) bond motifs is 1. The number of para-hydroxylation sites is 1. The van der Waals surface area contributed by atoms with E-state index in [2.05, 4.69) is 6.07 Å². The molecule has 3 aromatic rings. The molecule has 0 saturated carbocycles. The number of methoxy groups -OCH3 is 1. The Bertz CT molecular complexity index is 852. The van der Waals surface area contributed by atoms with Crippen LogP contribution in [0.25, 0.3) is 10.9 Å². The monoisotopic (exact) mass is 339 g/mol. The first-order chi connectivity index (χ1) is 12.2. The number of hydrogen-bond donors (Lipinski definition) is 0. The molecule has 2 aromatic carbocycles. The summed E-state index contributed by atoms with van der Waals surface area (Å²) < 4.78 is 17.9. The van der Waals surface area contributed by atoms with Gasteiger partial charge in [0.1, 0.15) is 31.3 Å². The van der Waals surface area contributed by atoms with Crippen LogP contribution in [0.15, 0.2) is 54.6 Å². The number of rotatable bonds is 7. The van der Waals surface area contributed by atoms with Crippen molar-refractivity contribution in [2.24, 2.45) is 0 Å². The maximum atomic E-state index is 12.1. The molecule has 0 spiro atoms. The van der Waals surface area contributed by atoms with Crippen LogP contribution < -0.4 is 9.47 Å². The zero-order valence-electron chi connectivity index (χ0n) is 14.4. The summed E-state index contributed by atoms with van der Waals surface area (Å²) in [6.45, 7) is 2.70. The van der Waals surface area contributed by atoms with E-state index in [0.29, 0.717) is 12.4 Å². The summed E-state index contributed by atoms with van der Waals surface area (Å²) in [4.78, 5) is 12.1. The molecule has 0 aliphatic carbocycles. The Balaban J connectivity index is 1.48. The third-order valence-corrected chi connectivity index (χ3v) is 3.98. The van der Waals surface area contributed by atoms with E-state index < -0.39 is 0 Å². The van der Waals surface area contributed by atoms with Crippen molar-refractivity contribution >= 4 is 16.9 Å². The third-order valence-electron chi connectivity index (χ3n) is 3.98. The molecule has 5 nitrogen and oxygen atoms in total. The van der Waals surface area contributed by atoms with Crippen LogP contribution in [0.4, 0.5) is 0 Å². The Labute approximate surface area is 146 Å². The molecule has 0 aliphatic heterocycles. The van der Waals surface area contributed by atoms with Crippen molar-refractivity contribution < 1.29 is 19.0 Å². The van der Waals surface area contributed by atoms with Gasteiger partial charge in [-0.2, -0.15) is 0 Å². The maximum Gasteiger partial charge on any atom is 0.326 e. The number of hydrogen-bond acceptors (Lipinski definition) is 4. The number of carbonyl (C=O) groups is 1. The zero-order chi connectivity index (χ0) is 17.6. The standard InChI is InChI=1S/C20H21NO4/c1-15-13-16-5-3-4-6-19(16)21(15)14-20(22)25-12-11-24-18-9-7-17(23-2)8-10-18/h3-10,13H,11-12,14H2,1-2H3. The Hall–Kier alpha value is -2.95. The van der Waals surface area contributed by atoms with Crippen molar-refractivity contribution in [2.45, 2.75) is 13.5 Å². The van der Waals surface area contributed by atoms with Crippen molar-refractivity contribution in [1.29, 1.82) is 0 Å². The highest BCUT2D eigenvalue weighted by Crippen LogP contribution is 2.19. The number of carbonyl (C=O) groups excluding carboxylic acids is 1. The molecule has 25 heavy (non-hydrogen) atoms. The van der Waals surface area contributed by atoms with Crippen LogP contribution in [-0.2, 0) is 16.1 Å². The summed E-state index contributed by atoms with van der Waals surface area (Å²) in [5.41, 5.74) is 2.07. The highest BCUT2D eigenvalue weighted by atomic mass is 16.6. The highest BCUT2D eigenvalue weighted by molar-refractivity contribution is 5.83. The van der Waals surface area contributed by atoms with E-state index in [1.807, 2.05) is 60.0 Å². The maximum absolute atomic E-state index is 12.1. The fourth-order valence-corrected chi connectivity index (χ4v) is 2.72. The number of nitrogens with zero attached hydrogens (tertiary/aromatic N) is 1. The van der Waals surface area contributed by atoms with E-state index in [4.69, 9.17) is 14.2 Å². The van der Waals surface area contributed by atoms with Crippen LogP contribution in [0, 0.1) is 6.92 Å². The van der Waals surface area contributed by atoms with Crippen LogP contribution in [-0.4, -0.2) is 30.9 Å². The normalized spacial score (nSPS) is 10.6. The van der Waals surface area contributed by atoms with Gasteiger partial charge in [0.05, 0.1) is 7.11 Å². The second kappa shape index (κ2) is 7.75. The molecule has 0 N–H and O–H groups in total. The van der Waals surface area contributed by atoms with Crippen molar-refractivity contribution in [3.8, 4) is 11.5 Å². The van der Waals surface area contributed by atoms with E-state index in [-0.39, 0.29) is 19.1 Å². The molecule has 0 fully saturated rings. The summed E-state index contributed by atoms with van der Waals surface area (Å²) in [5, 5.41) is 1.12. The number of esters is 1. The van der Waals surface area contributed by atoms with Crippen molar-refractivity contribution in [3.63, 3.8) is 0 Å². The number of benzene rings is 2. The SMILES string of the molecule is COc1ccc(OCCOC(=O)Cn2c(C)cc3ccccc32)cc1. The first-order valence-electron chi connectivity index (χ1n) is 8.15. The van der Waals surface area contributed by atoms with Gasteiger partial charge < -0.3 is 18.8 Å². The van der Waals surface area contributed by atoms with E-state index in [1.54, 1.807) is 7.11 Å². The molecule has 1 heterocycles. The number of aryl methyl sites for hydroxylation is 1. The summed E-state index contributed by atoms with van der Waals surface area (Å²) in [5.74, 6) is 1.21. The first-order valence-corrected chi connectivity index (χ1v) is 8.15. The highest BCUT2D eigenvalue weighted by Gasteiger charge is 2.10. The minimum atomic E-state index is -0.275. The lowest BCUT2D eigenvalue weighted by atomic mass is 10.2. The second-order valence-corrected chi connectivity index (χ2v) is 5.68. The predicted molar refractivity (Wildman–Crippen MR) is 96.1 cm³/mol. The fraction of sp³-hybridized carbons (Fsp3) is 0.250. The van der Waals surface area contributed by atoms with Crippen LogP contribution >= 0.6 is 0 Å². The molecule has 0 saturated heterocycles. The first kappa shape index (κ1) is 16.9. The van der Waals surface area contributed by atoms with Crippen LogP contribution in [0.5, 0.6) is 11.5 Å². The van der Waals surface area contributed by atoms with Gasteiger partial charge in [0.15, 0.2) is 0 Å². The van der Waals surface area contributed by atoms with Gasteiger partial charge in [0, 0.05) is 11.2 Å². The van der Waals surface area contributed by atoms with Crippen molar-refractivity contribution in [1.82, 2.24) is 4.57 Å². The van der Waals surface area contributed by atoms with Gasteiger partial charge in [-0.3, -0.25) is 4.79 Å². The summed E-state index contributed by atoms with van der Waals surface area (Å²) >= 11 is 0. The molecule has 0 bridgehead atoms. The minimum absolute atomic E-state index is 0.196. The molecule has 0 radical (unpaired) electrons. The average molecular weight is 339 g/mol. The topological polar surface area (TPSA) is 49.7 Å². The molecule has 5 heteroatoms. The Morgan fingerprint density at radius 2 is 1.72 bits per heavy atom. The lowest BCUT2D eigenvalue weighted by Gasteiger charge is -2.10. The molecule has 0 atom stereocenters. The summed E-state index contributed by atoms with van der Waals surface area (Å²) in [7, 11) is 1.62. The Kier molecular flexibility index (Phi) is 5.23. The Morgan fingerprint density at radius 3 is 2.48 bits per heavy atom. The molecular weight excluding hydrogens is 318 g/mol. The van der Waals surface area contributed by atoms with Crippen LogP contribution in [0.1, 0.15) is 5.69 Å². The largest absolute Gasteiger partial charge is 0.497 e. The molecule has 130 valence electrons. The average Bonchev–Trinajstić information content (AvgIpc) is 2.95. The lowest BCUT2D eigenvalue weighted by molar-refractivity contribution is -0.145. The van der Waals surface area contributed by atoms with Gasteiger partial charge in [0.2, 0.25) is 0 Å². The van der Waals surface area contributed by atoms with Gasteiger partial charge in [-0.25, -0.2) is 0 Å². The van der Waals surface area contributed by atoms with Gasteiger partial charge >= 0.3 is 5.97 Å². The second-order valence-electron chi connectivity index (χ2n) is 5.68. The molecule has 0 aliphatic rings. The quantitative estimate of drug-likeness (QED) is 0.488. The lowest BCUT2D eigenvalue weighted by Crippen LogP contribution is -2.17.